The molecule has 3 atom stereocenters. The van der Waals surface area contributed by atoms with Crippen LogP contribution < -0.4 is 21.7 Å². The van der Waals surface area contributed by atoms with Gasteiger partial charge < -0.3 is 26.4 Å². The van der Waals surface area contributed by atoms with Gasteiger partial charge in [-0.05, 0) is 68.4 Å². The Kier molecular flexibility index (Phi) is 10.6. The van der Waals surface area contributed by atoms with Crippen molar-refractivity contribution in [3.05, 3.63) is 64.4 Å². The van der Waals surface area contributed by atoms with Gasteiger partial charge >= 0.3 is 0 Å². The van der Waals surface area contributed by atoms with E-state index in [9.17, 15) is 17.6 Å². The predicted molar refractivity (Wildman–Crippen MR) is 157 cm³/mol. The second-order valence-electron chi connectivity index (χ2n) is 11.0. The summed E-state index contributed by atoms with van der Waals surface area (Å²) < 4.78 is 43.3. The molecule has 2 heterocycles. The second kappa shape index (κ2) is 13.7. The summed E-state index contributed by atoms with van der Waals surface area (Å²) in [5, 5.41) is 10.5. The molecule has 8 nitrogen and oxygen atoms in total. The molecule has 2 fully saturated rings. The number of carbonyl (C=O) groups excluding carboxylic acids is 1. The fraction of sp³-hybridized carbons (Fsp3) is 0.552. The van der Waals surface area contributed by atoms with Gasteiger partial charge in [-0.15, -0.1) is 0 Å². The number of ether oxygens (including phenoxy) is 1. The molecule has 11 heteroatoms. The lowest BCUT2D eigenvalue weighted by atomic mass is 9.68. The van der Waals surface area contributed by atoms with Crippen LogP contribution in [-0.4, -0.2) is 70.8 Å². The summed E-state index contributed by atoms with van der Waals surface area (Å²) in [7, 11) is -2.96. The third-order valence-electron chi connectivity index (χ3n) is 8.18. The summed E-state index contributed by atoms with van der Waals surface area (Å²) in [6, 6.07) is 11.6. The van der Waals surface area contributed by atoms with Crippen molar-refractivity contribution in [3.8, 4) is 0 Å². The Morgan fingerprint density at radius 1 is 1.12 bits per heavy atom. The summed E-state index contributed by atoms with van der Waals surface area (Å²) >= 11 is 6.11. The maximum Gasteiger partial charge on any atom is 0.242 e. The lowest BCUT2D eigenvalue weighted by Gasteiger charge is -2.41. The van der Waals surface area contributed by atoms with Gasteiger partial charge in [-0.2, -0.15) is 0 Å². The van der Waals surface area contributed by atoms with Crippen LogP contribution in [0.5, 0.6) is 0 Å². The maximum atomic E-state index is 15.0. The van der Waals surface area contributed by atoms with Gasteiger partial charge in [0.25, 0.3) is 0 Å². The number of nitrogens with two attached hydrogens (primary N) is 1. The summed E-state index contributed by atoms with van der Waals surface area (Å²) in [6.45, 7) is 2.42. The third kappa shape index (κ3) is 8.02. The molecule has 220 valence electrons. The quantitative estimate of drug-likeness (QED) is 0.315. The van der Waals surface area contributed by atoms with E-state index in [2.05, 4.69) is 16.0 Å². The molecule has 2 saturated heterocycles. The molecule has 2 aromatic rings. The first-order valence-electron chi connectivity index (χ1n) is 13.9. The summed E-state index contributed by atoms with van der Waals surface area (Å²) in [4.78, 5) is 13.5. The van der Waals surface area contributed by atoms with Crippen molar-refractivity contribution < 1.29 is 22.3 Å². The number of amides is 1. The molecule has 5 N–H and O–H groups in total. The number of rotatable bonds is 11. The van der Waals surface area contributed by atoms with E-state index in [1.165, 1.54) is 12.3 Å². The van der Waals surface area contributed by atoms with Gasteiger partial charge in [0.1, 0.15) is 15.7 Å². The SMILES string of the molecule is CS(=O)(=O)CCCC1CN[C@@H](CCc2c(F)cccc2NC(=O)[C@@H](N)C2(c3ccc(Cl)cc3)CCOCC2)CN1. The maximum absolute atomic E-state index is 15.0. The van der Waals surface area contributed by atoms with Crippen LogP contribution in [0.4, 0.5) is 10.1 Å². The fourth-order valence-electron chi connectivity index (χ4n) is 5.77. The van der Waals surface area contributed by atoms with Crippen LogP contribution in [0.3, 0.4) is 0 Å². The summed E-state index contributed by atoms with van der Waals surface area (Å²) in [6.07, 6.45) is 4.95. The first-order valence-corrected chi connectivity index (χ1v) is 16.3. The van der Waals surface area contributed by atoms with E-state index in [4.69, 9.17) is 22.1 Å². The molecule has 0 radical (unpaired) electrons. The zero-order valence-electron chi connectivity index (χ0n) is 22.9. The molecule has 0 bridgehead atoms. The average Bonchev–Trinajstić information content (AvgIpc) is 2.93. The summed E-state index contributed by atoms with van der Waals surface area (Å²) in [5.74, 6) is -0.542. The van der Waals surface area contributed by atoms with E-state index in [1.807, 2.05) is 12.1 Å². The first-order chi connectivity index (χ1) is 19.1. The first kappa shape index (κ1) is 30.9. The largest absolute Gasteiger partial charge is 0.381 e. The zero-order chi connectivity index (χ0) is 28.8. The molecule has 0 aliphatic carbocycles. The van der Waals surface area contributed by atoms with E-state index in [0.29, 0.717) is 68.1 Å². The smallest absolute Gasteiger partial charge is 0.242 e. The number of benzene rings is 2. The van der Waals surface area contributed by atoms with Crippen LogP contribution >= 0.6 is 11.6 Å². The summed E-state index contributed by atoms with van der Waals surface area (Å²) in [5.41, 5.74) is 7.86. The minimum absolute atomic E-state index is 0.131. The molecule has 40 heavy (non-hydrogen) atoms. The van der Waals surface area contributed by atoms with Crippen LogP contribution in [0.2, 0.25) is 5.02 Å². The Hall–Kier alpha value is -2.08. The van der Waals surface area contributed by atoms with Gasteiger partial charge in [0, 0.05) is 72.1 Å². The Morgan fingerprint density at radius 3 is 2.40 bits per heavy atom. The number of hydrogen-bond donors (Lipinski definition) is 4. The van der Waals surface area contributed by atoms with Crippen molar-refractivity contribution in [2.45, 2.75) is 62.1 Å². The normalized spacial score (nSPS) is 22.0. The van der Waals surface area contributed by atoms with E-state index in [-0.39, 0.29) is 29.6 Å². The van der Waals surface area contributed by atoms with Crippen LogP contribution in [0.15, 0.2) is 42.5 Å². The number of carbonyl (C=O) groups is 1. The zero-order valence-corrected chi connectivity index (χ0v) is 24.5. The lowest BCUT2D eigenvalue weighted by Crippen LogP contribution is -2.55. The average molecular weight is 595 g/mol. The van der Waals surface area contributed by atoms with Gasteiger partial charge in [0.05, 0.1) is 6.04 Å². The molecule has 0 aromatic heterocycles. The molecule has 2 aromatic carbocycles. The fourth-order valence-corrected chi connectivity index (χ4v) is 6.59. The van der Waals surface area contributed by atoms with Crippen molar-refractivity contribution in [2.75, 3.05) is 43.6 Å². The van der Waals surface area contributed by atoms with Crippen LogP contribution in [0, 0.1) is 5.82 Å². The predicted octanol–water partition coefficient (Wildman–Crippen LogP) is 3.18. The minimum atomic E-state index is -2.96. The molecule has 2 aliphatic heterocycles. The third-order valence-corrected chi connectivity index (χ3v) is 9.46. The van der Waals surface area contributed by atoms with Crippen molar-refractivity contribution in [1.82, 2.24) is 10.6 Å². The number of hydrogen-bond acceptors (Lipinski definition) is 7. The van der Waals surface area contributed by atoms with Crippen molar-refractivity contribution in [3.63, 3.8) is 0 Å². The second-order valence-corrected chi connectivity index (χ2v) is 13.7. The van der Waals surface area contributed by atoms with Crippen LogP contribution in [-0.2, 0) is 31.2 Å². The van der Waals surface area contributed by atoms with Gasteiger partial charge in [-0.25, -0.2) is 12.8 Å². The van der Waals surface area contributed by atoms with Crippen LogP contribution in [0.25, 0.3) is 0 Å². The Labute approximate surface area is 241 Å². The molecular formula is C29H40ClFN4O4S. The Balaban J connectivity index is 1.38. The Morgan fingerprint density at radius 2 is 1.77 bits per heavy atom. The molecular weight excluding hydrogens is 555 g/mol. The van der Waals surface area contributed by atoms with Crippen molar-refractivity contribution in [2.24, 2.45) is 5.73 Å². The van der Waals surface area contributed by atoms with Gasteiger partial charge in [-0.3, -0.25) is 4.79 Å². The Bertz CT molecular complexity index is 1250. The van der Waals surface area contributed by atoms with E-state index in [0.717, 1.165) is 18.5 Å². The number of piperazine rings is 1. The monoisotopic (exact) mass is 594 g/mol. The molecule has 1 unspecified atom stereocenters. The van der Waals surface area contributed by atoms with E-state index in [1.54, 1.807) is 24.3 Å². The highest BCUT2D eigenvalue weighted by atomic mass is 35.5. The number of nitrogens with one attached hydrogen (secondary N) is 3. The highest BCUT2D eigenvalue weighted by molar-refractivity contribution is 7.90. The topological polar surface area (TPSA) is 123 Å². The van der Waals surface area contributed by atoms with Gasteiger partial charge in [-0.1, -0.05) is 29.8 Å². The number of anilines is 1. The van der Waals surface area contributed by atoms with Gasteiger partial charge in [0.15, 0.2) is 0 Å². The highest BCUT2D eigenvalue weighted by Crippen LogP contribution is 2.38. The molecule has 0 saturated carbocycles. The lowest BCUT2D eigenvalue weighted by molar-refractivity contribution is -0.120. The van der Waals surface area contributed by atoms with Crippen molar-refractivity contribution >= 4 is 33.0 Å². The number of halogens is 2. The standard InChI is InChI=1S/C29H40ClFN4O4S/c1-40(37,38)17-3-4-22-18-34-23(19-33-22)11-12-24-25(31)5-2-6-26(24)35-28(36)27(32)29(13-15-39-16-14-29)20-7-9-21(30)10-8-20/h2,5-10,22-23,27,33-34H,3-4,11-19,32H2,1H3,(H,35,36)/t22?,23-,27+/m0/s1. The molecule has 4 rings (SSSR count). The van der Waals surface area contributed by atoms with E-state index < -0.39 is 21.3 Å². The molecule has 1 amide bonds. The van der Waals surface area contributed by atoms with Crippen molar-refractivity contribution in [1.29, 1.82) is 0 Å². The number of sulfone groups is 1. The highest BCUT2D eigenvalue weighted by Gasteiger charge is 2.43. The van der Waals surface area contributed by atoms with E-state index >= 15 is 0 Å². The van der Waals surface area contributed by atoms with Crippen LogP contribution in [0.1, 0.15) is 43.2 Å². The molecule has 2 aliphatic rings. The minimum Gasteiger partial charge on any atom is -0.381 e. The van der Waals surface area contributed by atoms with Gasteiger partial charge in [0.2, 0.25) is 5.91 Å². The molecule has 0 spiro atoms.